The van der Waals surface area contributed by atoms with Gasteiger partial charge in [-0.3, -0.25) is 9.10 Å². The number of hydrogen-bond acceptors (Lipinski definition) is 8. The molecule has 2 aromatic carbocycles. The van der Waals surface area contributed by atoms with E-state index in [1.54, 1.807) is 43.3 Å². The van der Waals surface area contributed by atoms with E-state index in [-0.39, 0.29) is 24.5 Å². The fourth-order valence-electron chi connectivity index (χ4n) is 3.91. The molecule has 1 aliphatic rings. The predicted octanol–water partition coefficient (Wildman–Crippen LogP) is 1.46. The zero-order chi connectivity index (χ0) is 27.1. The van der Waals surface area contributed by atoms with E-state index in [1.807, 2.05) is 0 Å². The van der Waals surface area contributed by atoms with Crippen molar-refractivity contribution < 1.29 is 35.8 Å². The molecule has 1 heterocycles. The van der Waals surface area contributed by atoms with E-state index in [0.29, 0.717) is 43.5 Å². The molecule has 0 bridgehead atoms. The normalized spacial score (nSPS) is 15.5. The van der Waals surface area contributed by atoms with Gasteiger partial charge in [-0.2, -0.15) is 4.31 Å². The lowest BCUT2D eigenvalue weighted by Crippen LogP contribution is -2.50. The standard InChI is InChI=1S/C24H33N3O8S2/c1-4-23(27(36(3,29)30)19-6-5-7-21(18-19)33-2)24(28)25-12-15-35-20-8-10-22(11-9-20)37(31,32)26-13-16-34-17-14-26/h5-11,18,23H,4,12-17H2,1-3H3,(H,25,28)/t23-/m1/s1. The lowest BCUT2D eigenvalue weighted by atomic mass is 10.2. The molecule has 0 aromatic heterocycles. The van der Waals surface area contributed by atoms with Gasteiger partial charge in [-0.25, -0.2) is 16.8 Å². The Morgan fingerprint density at radius 1 is 1.08 bits per heavy atom. The van der Waals surface area contributed by atoms with Crippen LogP contribution in [0.2, 0.25) is 0 Å². The number of benzene rings is 2. The van der Waals surface area contributed by atoms with Crippen LogP contribution in [0, 0.1) is 0 Å². The van der Waals surface area contributed by atoms with Crippen molar-refractivity contribution in [2.24, 2.45) is 0 Å². The molecule has 3 rings (SSSR count). The van der Waals surface area contributed by atoms with Gasteiger partial charge in [0, 0.05) is 19.2 Å². The molecule has 0 aliphatic carbocycles. The number of nitrogens with one attached hydrogen (secondary N) is 1. The van der Waals surface area contributed by atoms with Crippen LogP contribution < -0.4 is 19.1 Å². The highest BCUT2D eigenvalue weighted by Crippen LogP contribution is 2.26. The third-order valence-corrected chi connectivity index (χ3v) is 8.83. The highest BCUT2D eigenvalue weighted by molar-refractivity contribution is 7.92. The van der Waals surface area contributed by atoms with Crippen LogP contribution in [0.1, 0.15) is 13.3 Å². The molecule has 1 fully saturated rings. The largest absolute Gasteiger partial charge is 0.497 e. The van der Waals surface area contributed by atoms with Crippen molar-refractivity contribution in [3.05, 3.63) is 48.5 Å². The zero-order valence-corrected chi connectivity index (χ0v) is 22.8. The van der Waals surface area contributed by atoms with Crippen LogP contribution >= 0.6 is 0 Å². The van der Waals surface area contributed by atoms with Crippen LogP contribution in [-0.2, 0) is 29.6 Å². The number of methoxy groups -OCH3 is 1. The first-order valence-electron chi connectivity index (χ1n) is 11.8. The third-order valence-electron chi connectivity index (χ3n) is 5.74. The Bertz CT molecular complexity index is 1260. The Hall–Kier alpha value is -2.87. The molecule has 0 unspecified atom stereocenters. The Balaban J connectivity index is 1.58. The van der Waals surface area contributed by atoms with E-state index in [1.165, 1.54) is 23.5 Å². The van der Waals surface area contributed by atoms with Crippen molar-refractivity contribution in [2.75, 3.05) is 57.1 Å². The SMILES string of the molecule is CC[C@H](C(=O)NCCOc1ccc(S(=O)(=O)N2CCOCC2)cc1)N(c1cccc(OC)c1)S(C)(=O)=O. The van der Waals surface area contributed by atoms with Gasteiger partial charge >= 0.3 is 0 Å². The fraction of sp³-hybridized carbons (Fsp3) is 0.458. The minimum absolute atomic E-state index is 0.107. The second-order valence-electron chi connectivity index (χ2n) is 8.31. The average Bonchev–Trinajstić information content (AvgIpc) is 2.89. The van der Waals surface area contributed by atoms with Crippen LogP contribution in [0.4, 0.5) is 5.69 Å². The summed E-state index contributed by atoms with van der Waals surface area (Å²) in [5, 5.41) is 2.72. The maximum atomic E-state index is 12.9. The molecule has 1 atom stereocenters. The van der Waals surface area contributed by atoms with Crippen LogP contribution in [0.5, 0.6) is 11.5 Å². The number of carbonyl (C=O) groups is 1. The van der Waals surface area contributed by atoms with Crippen molar-refractivity contribution in [3.8, 4) is 11.5 Å². The van der Waals surface area contributed by atoms with E-state index >= 15 is 0 Å². The molecule has 2 aromatic rings. The first kappa shape index (κ1) is 28.7. The van der Waals surface area contributed by atoms with Crippen molar-refractivity contribution >= 4 is 31.6 Å². The topological polar surface area (TPSA) is 132 Å². The van der Waals surface area contributed by atoms with Crippen molar-refractivity contribution in [2.45, 2.75) is 24.3 Å². The van der Waals surface area contributed by atoms with E-state index in [9.17, 15) is 21.6 Å². The molecule has 1 aliphatic heterocycles. The summed E-state index contributed by atoms with van der Waals surface area (Å²) in [4.78, 5) is 13.1. The van der Waals surface area contributed by atoms with E-state index in [2.05, 4.69) is 5.32 Å². The molecule has 1 saturated heterocycles. The molecular formula is C24H33N3O8S2. The summed E-state index contributed by atoms with van der Waals surface area (Å²) in [6.45, 7) is 3.32. The van der Waals surface area contributed by atoms with Gasteiger partial charge < -0.3 is 19.5 Å². The van der Waals surface area contributed by atoms with Crippen molar-refractivity contribution in [3.63, 3.8) is 0 Å². The maximum absolute atomic E-state index is 12.9. The molecule has 37 heavy (non-hydrogen) atoms. The molecule has 1 N–H and O–H groups in total. The molecule has 204 valence electrons. The number of morpholine rings is 1. The summed E-state index contributed by atoms with van der Waals surface area (Å²) >= 11 is 0. The quantitative estimate of drug-likeness (QED) is 0.390. The molecule has 11 nitrogen and oxygen atoms in total. The molecule has 13 heteroatoms. The molecular weight excluding hydrogens is 522 g/mol. The number of ether oxygens (including phenoxy) is 3. The monoisotopic (exact) mass is 555 g/mol. The number of nitrogens with zero attached hydrogens (tertiary/aromatic N) is 2. The van der Waals surface area contributed by atoms with E-state index in [4.69, 9.17) is 14.2 Å². The van der Waals surface area contributed by atoms with Gasteiger partial charge in [-0.15, -0.1) is 0 Å². The number of sulfonamides is 2. The smallest absolute Gasteiger partial charge is 0.244 e. The minimum Gasteiger partial charge on any atom is -0.497 e. The molecule has 0 saturated carbocycles. The summed E-state index contributed by atoms with van der Waals surface area (Å²) in [5.74, 6) is 0.446. The van der Waals surface area contributed by atoms with Crippen LogP contribution in [0.3, 0.4) is 0 Å². The molecule has 0 spiro atoms. The van der Waals surface area contributed by atoms with Gasteiger partial charge in [-0.1, -0.05) is 13.0 Å². The van der Waals surface area contributed by atoms with E-state index in [0.717, 1.165) is 10.6 Å². The van der Waals surface area contributed by atoms with E-state index < -0.39 is 32.0 Å². The Morgan fingerprint density at radius 2 is 1.76 bits per heavy atom. The van der Waals surface area contributed by atoms with Crippen LogP contribution in [-0.4, -0.2) is 85.9 Å². The predicted molar refractivity (Wildman–Crippen MR) is 139 cm³/mol. The minimum atomic E-state index is -3.77. The van der Waals surface area contributed by atoms with Gasteiger partial charge in [-0.05, 0) is 42.8 Å². The highest BCUT2D eigenvalue weighted by atomic mass is 32.2. The summed E-state index contributed by atoms with van der Waals surface area (Å²) in [5.41, 5.74) is 0.326. The van der Waals surface area contributed by atoms with Gasteiger partial charge in [0.2, 0.25) is 26.0 Å². The lowest BCUT2D eigenvalue weighted by Gasteiger charge is -2.30. The first-order chi connectivity index (χ1) is 17.6. The summed E-state index contributed by atoms with van der Waals surface area (Å²) in [7, 11) is -5.89. The van der Waals surface area contributed by atoms with Gasteiger partial charge in [0.15, 0.2) is 0 Å². The number of anilines is 1. The second kappa shape index (κ2) is 12.6. The van der Waals surface area contributed by atoms with Gasteiger partial charge in [0.1, 0.15) is 24.1 Å². The van der Waals surface area contributed by atoms with Crippen LogP contribution in [0.15, 0.2) is 53.4 Å². The van der Waals surface area contributed by atoms with Crippen molar-refractivity contribution in [1.29, 1.82) is 0 Å². The second-order valence-corrected chi connectivity index (χ2v) is 12.1. The summed E-state index contributed by atoms with van der Waals surface area (Å²) in [6, 6.07) is 11.6. The lowest BCUT2D eigenvalue weighted by molar-refractivity contribution is -0.122. The van der Waals surface area contributed by atoms with Crippen molar-refractivity contribution in [1.82, 2.24) is 9.62 Å². The Morgan fingerprint density at radius 3 is 2.35 bits per heavy atom. The summed E-state index contributed by atoms with van der Waals surface area (Å²) in [6.07, 6.45) is 1.30. The van der Waals surface area contributed by atoms with Gasteiger partial charge in [0.25, 0.3) is 0 Å². The molecule has 1 amide bonds. The number of carbonyl (C=O) groups excluding carboxylic acids is 1. The third kappa shape index (κ3) is 7.34. The highest BCUT2D eigenvalue weighted by Gasteiger charge is 2.31. The summed E-state index contributed by atoms with van der Waals surface area (Å²) < 4.78 is 69.1. The number of hydrogen-bond donors (Lipinski definition) is 1. The first-order valence-corrected chi connectivity index (χ1v) is 15.1. The Kier molecular flexibility index (Phi) is 9.76. The maximum Gasteiger partial charge on any atom is 0.244 e. The zero-order valence-electron chi connectivity index (χ0n) is 21.1. The molecule has 0 radical (unpaired) electrons. The number of rotatable bonds is 12. The average molecular weight is 556 g/mol. The Labute approximate surface area is 218 Å². The number of amides is 1. The van der Waals surface area contributed by atoms with Crippen LogP contribution in [0.25, 0.3) is 0 Å². The van der Waals surface area contributed by atoms with Gasteiger partial charge in [0.05, 0.1) is 43.7 Å². The fourth-order valence-corrected chi connectivity index (χ4v) is 6.52.